The number of nitrogens with zero attached hydrogens (tertiary/aromatic N) is 1. The Hall–Kier alpha value is -0.760. The van der Waals surface area contributed by atoms with E-state index in [9.17, 15) is 15.3 Å². The van der Waals surface area contributed by atoms with Crippen molar-refractivity contribution in [3.05, 3.63) is 24.3 Å². The zero-order chi connectivity index (χ0) is 22.5. The Balaban J connectivity index is 1.93. The first-order chi connectivity index (χ1) is 15.1. The molecule has 6 heteroatoms. The molecule has 0 bridgehead atoms. The number of allylic oxidation sites excluding steroid dienone is 3. The minimum atomic E-state index is -1.08. The third-order valence-corrected chi connectivity index (χ3v) is 6.32. The van der Waals surface area contributed by atoms with Gasteiger partial charge in [0.15, 0.2) is 6.29 Å². The van der Waals surface area contributed by atoms with E-state index >= 15 is 0 Å². The summed E-state index contributed by atoms with van der Waals surface area (Å²) >= 11 is 0. The lowest BCUT2D eigenvalue weighted by Crippen LogP contribution is -2.60. The van der Waals surface area contributed by atoms with Crippen LogP contribution >= 0.6 is 0 Å². The van der Waals surface area contributed by atoms with Gasteiger partial charge < -0.3 is 24.8 Å². The van der Waals surface area contributed by atoms with Crippen LogP contribution in [0.15, 0.2) is 24.3 Å². The number of unbranched alkanes of at least 4 members (excludes halogenated alkanes) is 6. The van der Waals surface area contributed by atoms with E-state index in [4.69, 9.17) is 9.47 Å². The maximum absolute atomic E-state index is 10.6. The summed E-state index contributed by atoms with van der Waals surface area (Å²) in [4.78, 5) is 2.15. The van der Waals surface area contributed by atoms with Crippen LogP contribution in [0.4, 0.5) is 0 Å². The van der Waals surface area contributed by atoms with Gasteiger partial charge in [-0.2, -0.15) is 0 Å². The Bertz CT molecular complexity index is 526. The van der Waals surface area contributed by atoms with Gasteiger partial charge in [0.2, 0.25) is 0 Å². The molecule has 2 aliphatic rings. The van der Waals surface area contributed by atoms with Gasteiger partial charge in [-0.25, -0.2) is 0 Å². The van der Waals surface area contributed by atoms with Crippen molar-refractivity contribution in [1.82, 2.24) is 4.90 Å². The molecular formula is C25H45NO5. The molecule has 0 saturated carbocycles. The van der Waals surface area contributed by atoms with Crippen LogP contribution in [0.5, 0.6) is 0 Å². The van der Waals surface area contributed by atoms with Gasteiger partial charge in [0.05, 0.1) is 12.6 Å². The molecule has 0 aromatic carbocycles. The van der Waals surface area contributed by atoms with Crippen molar-refractivity contribution in [2.24, 2.45) is 0 Å². The predicted molar refractivity (Wildman–Crippen MR) is 124 cm³/mol. The number of aliphatic hydroxyl groups is 3. The fraction of sp³-hybridized carbons (Fsp3) is 0.840. The van der Waals surface area contributed by atoms with Gasteiger partial charge >= 0.3 is 0 Å². The van der Waals surface area contributed by atoms with Crippen molar-refractivity contribution in [2.45, 2.75) is 121 Å². The number of hydrogen-bond donors (Lipinski definition) is 3. The summed E-state index contributed by atoms with van der Waals surface area (Å²) in [5, 5.41) is 30.7. The molecule has 2 rings (SSSR count). The molecule has 2 heterocycles. The molecule has 2 fully saturated rings. The third-order valence-electron chi connectivity index (χ3n) is 6.32. The largest absolute Gasteiger partial charge is 0.394 e. The minimum absolute atomic E-state index is 0.172. The highest BCUT2D eigenvalue weighted by molar-refractivity contribution is 5.01. The molecule has 0 amide bonds. The maximum Gasteiger partial charge on any atom is 0.173 e. The molecule has 2 saturated heterocycles. The third kappa shape index (κ3) is 8.26. The fourth-order valence-electron chi connectivity index (χ4n) is 4.52. The molecule has 2 unspecified atom stereocenters. The normalized spacial score (nSPS) is 31.8. The zero-order valence-electron chi connectivity index (χ0n) is 19.6. The van der Waals surface area contributed by atoms with Gasteiger partial charge in [-0.1, -0.05) is 63.8 Å². The SMILES string of the molecule is CCCCC/C=C\CCC1O[C@H]2[C@H](O)[C@@H](CO)OC(O)[C@@H]2N1CC/C=C\CCCCC. The molecule has 0 spiro atoms. The van der Waals surface area contributed by atoms with Crippen LogP contribution in [0.3, 0.4) is 0 Å². The van der Waals surface area contributed by atoms with E-state index in [2.05, 4.69) is 43.1 Å². The van der Waals surface area contributed by atoms with Crippen LogP contribution in [0.1, 0.15) is 84.5 Å². The summed E-state index contributed by atoms with van der Waals surface area (Å²) < 4.78 is 11.7. The Morgan fingerprint density at radius 2 is 1.42 bits per heavy atom. The standard InChI is InChI=1S/C25H45NO5/c1-3-5-7-9-11-13-15-17-21-26(18-16-14-12-10-8-6-4-2)22-24(31-21)23(28)20(19-27)30-25(22)29/h11-14,20-25,27-29H,3-10,15-19H2,1-2H3/b13-11-,14-12-/t20-,21?,22-,23-,24-,25?/m1/s1. The second-order valence-electron chi connectivity index (χ2n) is 8.82. The molecule has 0 aliphatic carbocycles. The Morgan fingerprint density at radius 3 is 2.03 bits per heavy atom. The summed E-state index contributed by atoms with van der Waals surface area (Å²) in [7, 11) is 0. The van der Waals surface area contributed by atoms with Crippen molar-refractivity contribution in [3.8, 4) is 0 Å². The monoisotopic (exact) mass is 439 g/mol. The first-order valence-corrected chi connectivity index (χ1v) is 12.5. The van der Waals surface area contributed by atoms with Crippen molar-refractivity contribution in [2.75, 3.05) is 13.2 Å². The van der Waals surface area contributed by atoms with Crippen molar-refractivity contribution in [1.29, 1.82) is 0 Å². The maximum atomic E-state index is 10.6. The number of fused-ring (bicyclic) bond motifs is 1. The van der Waals surface area contributed by atoms with Crippen LogP contribution < -0.4 is 0 Å². The van der Waals surface area contributed by atoms with Gasteiger partial charge in [0.1, 0.15) is 24.5 Å². The molecular weight excluding hydrogens is 394 g/mol. The van der Waals surface area contributed by atoms with Crippen LogP contribution in [-0.2, 0) is 9.47 Å². The summed E-state index contributed by atoms with van der Waals surface area (Å²) in [6.07, 6.45) is 17.6. The smallest absolute Gasteiger partial charge is 0.173 e. The highest BCUT2D eigenvalue weighted by Crippen LogP contribution is 2.36. The summed E-state index contributed by atoms with van der Waals surface area (Å²) in [5.41, 5.74) is 0. The van der Waals surface area contributed by atoms with Gasteiger partial charge in [0.25, 0.3) is 0 Å². The Labute approximate surface area is 188 Å². The van der Waals surface area contributed by atoms with Gasteiger partial charge in [-0.05, 0) is 44.9 Å². The highest BCUT2D eigenvalue weighted by atomic mass is 16.6. The van der Waals surface area contributed by atoms with Gasteiger partial charge in [0, 0.05) is 6.54 Å². The van der Waals surface area contributed by atoms with E-state index in [0.717, 1.165) is 38.6 Å². The summed E-state index contributed by atoms with van der Waals surface area (Å²) in [5.74, 6) is 0. The lowest BCUT2D eigenvalue weighted by Gasteiger charge is -2.40. The van der Waals surface area contributed by atoms with Gasteiger partial charge in [-0.3, -0.25) is 4.90 Å². The molecule has 0 radical (unpaired) electrons. The van der Waals surface area contributed by atoms with E-state index in [1.54, 1.807) is 0 Å². The van der Waals surface area contributed by atoms with Crippen molar-refractivity contribution in [3.63, 3.8) is 0 Å². The van der Waals surface area contributed by atoms with Crippen LogP contribution in [0.2, 0.25) is 0 Å². The molecule has 0 aromatic rings. The molecule has 31 heavy (non-hydrogen) atoms. The summed E-state index contributed by atoms with van der Waals surface area (Å²) in [6, 6.07) is -0.412. The van der Waals surface area contributed by atoms with Crippen molar-refractivity contribution < 1.29 is 24.8 Å². The molecule has 6 atom stereocenters. The lowest BCUT2D eigenvalue weighted by atomic mass is 9.96. The van der Waals surface area contributed by atoms with E-state index < -0.39 is 30.6 Å². The molecule has 180 valence electrons. The van der Waals surface area contributed by atoms with Crippen LogP contribution in [0, 0.1) is 0 Å². The zero-order valence-corrected chi connectivity index (χ0v) is 19.6. The average molecular weight is 440 g/mol. The van der Waals surface area contributed by atoms with Gasteiger partial charge in [-0.15, -0.1) is 0 Å². The van der Waals surface area contributed by atoms with E-state index in [1.165, 1.54) is 38.5 Å². The molecule has 3 N–H and O–H groups in total. The molecule has 0 aromatic heterocycles. The molecule has 6 nitrogen and oxygen atoms in total. The van der Waals surface area contributed by atoms with E-state index in [0.29, 0.717) is 0 Å². The number of rotatable bonds is 15. The minimum Gasteiger partial charge on any atom is -0.394 e. The topological polar surface area (TPSA) is 82.4 Å². The second-order valence-corrected chi connectivity index (χ2v) is 8.82. The first-order valence-electron chi connectivity index (χ1n) is 12.5. The predicted octanol–water partition coefficient (Wildman–Crippen LogP) is 3.90. The average Bonchev–Trinajstić information content (AvgIpc) is 3.14. The highest BCUT2D eigenvalue weighted by Gasteiger charge is 2.54. The quantitative estimate of drug-likeness (QED) is 0.265. The Kier molecular flexibility index (Phi) is 12.9. The second kappa shape index (κ2) is 15.1. The van der Waals surface area contributed by atoms with Crippen LogP contribution in [0.25, 0.3) is 0 Å². The Morgan fingerprint density at radius 1 is 0.806 bits per heavy atom. The van der Waals surface area contributed by atoms with Crippen LogP contribution in [-0.4, -0.2) is 70.2 Å². The fourth-order valence-corrected chi connectivity index (χ4v) is 4.52. The lowest BCUT2D eigenvalue weighted by molar-refractivity contribution is -0.250. The van der Waals surface area contributed by atoms with Crippen molar-refractivity contribution >= 4 is 0 Å². The number of aliphatic hydroxyl groups excluding tert-OH is 3. The summed E-state index contributed by atoms with van der Waals surface area (Å²) in [6.45, 7) is 4.83. The number of ether oxygens (including phenoxy) is 2. The molecule has 2 aliphatic heterocycles. The van der Waals surface area contributed by atoms with E-state index in [1.807, 2.05) is 0 Å². The van der Waals surface area contributed by atoms with E-state index in [-0.39, 0.29) is 12.8 Å². The number of hydrogen-bond acceptors (Lipinski definition) is 6. The first kappa shape index (κ1) is 26.5.